The molecule has 1 atom stereocenters. The van der Waals surface area contributed by atoms with Crippen LogP contribution in [0.25, 0.3) is 22.0 Å². The number of pyridine rings is 1. The fourth-order valence-corrected chi connectivity index (χ4v) is 3.51. The van der Waals surface area contributed by atoms with Gasteiger partial charge >= 0.3 is 5.97 Å². The minimum Gasteiger partial charge on any atom is -0.465 e. The molecule has 0 unspecified atom stereocenters. The number of allylic oxidation sites excluding steroid dienone is 2. The van der Waals surface area contributed by atoms with Crippen molar-refractivity contribution in [1.29, 1.82) is 0 Å². The number of methoxy groups -OCH3 is 1. The van der Waals surface area contributed by atoms with Gasteiger partial charge in [0.1, 0.15) is 12.1 Å². The SMILES string of the molecule is CC[C@]1(Nc2ncnc3ccc(-c4cncc(C(=O)OC)c4)cc23)C=CC=CC1. The Labute approximate surface area is 169 Å². The molecule has 29 heavy (non-hydrogen) atoms. The molecule has 0 saturated carbocycles. The molecule has 4 rings (SSSR count). The Hall–Kier alpha value is -3.54. The van der Waals surface area contributed by atoms with E-state index in [9.17, 15) is 4.79 Å². The van der Waals surface area contributed by atoms with Crippen molar-refractivity contribution in [3.05, 3.63) is 72.9 Å². The van der Waals surface area contributed by atoms with Gasteiger partial charge in [-0.3, -0.25) is 4.98 Å². The van der Waals surface area contributed by atoms with Crippen LogP contribution in [0.2, 0.25) is 0 Å². The van der Waals surface area contributed by atoms with Gasteiger partial charge in [0.2, 0.25) is 0 Å². The lowest BCUT2D eigenvalue weighted by Gasteiger charge is -2.32. The Balaban J connectivity index is 1.76. The summed E-state index contributed by atoms with van der Waals surface area (Å²) in [6, 6.07) is 7.73. The van der Waals surface area contributed by atoms with Crippen LogP contribution in [0.1, 0.15) is 30.1 Å². The van der Waals surface area contributed by atoms with E-state index in [1.807, 2.05) is 18.2 Å². The Morgan fingerprint density at radius 1 is 1.17 bits per heavy atom. The molecule has 0 bridgehead atoms. The molecule has 2 heterocycles. The van der Waals surface area contributed by atoms with Crippen LogP contribution in [0.15, 0.2) is 67.3 Å². The fourth-order valence-electron chi connectivity index (χ4n) is 3.51. The molecule has 1 aliphatic carbocycles. The third-order valence-electron chi connectivity index (χ3n) is 5.27. The normalized spacial score (nSPS) is 18.0. The summed E-state index contributed by atoms with van der Waals surface area (Å²) in [4.78, 5) is 25.0. The molecule has 0 amide bonds. The molecular weight excluding hydrogens is 364 g/mol. The van der Waals surface area contributed by atoms with E-state index in [1.165, 1.54) is 13.3 Å². The summed E-state index contributed by atoms with van der Waals surface area (Å²) in [6.07, 6.45) is 15.1. The minimum absolute atomic E-state index is 0.168. The zero-order chi connectivity index (χ0) is 20.3. The largest absolute Gasteiger partial charge is 0.465 e. The smallest absolute Gasteiger partial charge is 0.339 e. The molecule has 3 aromatic rings. The number of fused-ring (bicyclic) bond motifs is 1. The first-order valence-corrected chi connectivity index (χ1v) is 9.55. The molecular formula is C23H22N4O2. The summed E-state index contributed by atoms with van der Waals surface area (Å²) in [5.41, 5.74) is 2.86. The van der Waals surface area contributed by atoms with Gasteiger partial charge in [-0.05, 0) is 36.6 Å². The number of hydrogen-bond acceptors (Lipinski definition) is 6. The first-order valence-electron chi connectivity index (χ1n) is 9.55. The number of aromatic nitrogens is 3. The monoisotopic (exact) mass is 386 g/mol. The summed E-state index contributed by atoms with van der Waals surface area (Å²) < 4.78 is 4.80. The van der Waals surface area contributed by atoms with E-state index in [2.05, 4.69) is 51.5 Å². The van der Waals surface area contributed by atoms with Crippen molar-refractivity contribution in [2.45, 2.75) is 25.3 Å². The van der Waals surface area contributed by atoms with E-state index in [4.69, 9.17) is 4.74 Å². The Morgan fingerprint density at radius 3 is 2.83 bits per heavy atom. The second-order valence-corrected chi connectivity index (χ2v) is 7.03. The van der Waals surface area contributed by atoms with Crippen LogP contribution < -0.4 is 5.32 Å². The van der Waals surface area contributed by atoms with E-state index in [-0.39, 0.29) is 5.54 Å². The standard InChI is InChI=1S/C23H22N4O2/c1-3-23(9-5-4-6-10-23)27-21-19-12-16(7-8-20(19)25-15-26-21)17-11-18(14-24-13-17)22(28)29-2/h4-9,11-15H,3,10H2,1-2H3,(H,25,26,27)/t23-/m0/s1. The Morgan fingerprint density at radius 2 is 2.07 bits per heavy atom. The van der Waals surface area contributed by atoms with Crippen molar-refractivity contribution in [2.75, 3.05) is 12.4 Å². The highest BCUT2D eigenvalue weighted by molar-refractivity contribution is 5.94. The second-order valence-electron chi connectivity index (χ2n) is 7.03. The van der Waals surface area contributed by atoms with Gasteiger partial charge in [0.25, 0.3) is 0 Å². The summed E-state index contributed by atoms with van der Waals surface area (Å²) in [6.45, 7) is 2.16. The van der Waals surface area contributed by atoms with Gasteiger partial charge in [0.05, 0.1) is 23.7 Å². The number of nitrogens with one attached hydrogen (secondary N) is 1. The van der Waals surface area contributed by atoms with Crippen LogP contribution in [0.3, 0.4) is 0 Å². The van der Waals surface area contributed by atoms with Crippen LogP contribution in [-0.2, 0) is 4.74 Å². The van der Waals surface area contributed by atoms with E-state index < -0.39 is 5.97 Å². The highest BCUT2D eigenvalue weighted by Gasteiger charge is 2.26. The maximum absolute atomic E-state index is 11.8. The number of carbonyl (C=O) groups is 1. The molecule has 146 valence electrons. The number of hydrogen-bond donors (Lipinski definition) is 1. The first-order chi connectivity index (χ1) is 14.1. The first kappa shape index (κ1) is 18.8. The van der Waals surface area contributed by atoms with Gasteiger partial charge < -0.3 is 10.1 Å². The quantitative estimate of drug-likeness (QED) is 0.648. The molecule has 1 aliphatic rings. The van der Waals surface area contributed by atoms with Gasteiger partial charge in [-0.15, -0.1) is 0 Å². The number of rotatable bonds is 5. The molecule has 1 N–H and O–H groups in total. The molecule has 6 nitrogen and oxygen atoms in total. The lowest BCUT2D eigenvalue weighted by atomic mass is 9.88. The molecule has 0 aliphatic heterocycles. The zero-order valence-electron chi connectivity index (χ0n) is 16.4. The van der Waals surface area contributed by atoms with Gasteiger partial charge in [-0.2, -0.15) is 0 Å². The lowest BCUT2D eigenvalue weighted by molar-refractivity contribution is 0.0600. The van der Waals surface area contributed by atoms with Crippen LogP contribution >= 0.6 is 0 Å². The van der Waals surface area contributed by atoms with Crippen molar-refractivity contribution in [1.82, 2.24) is 15.0 Å². The number of ether oxygens (including phenoxy) is 1. The van der Waals surface area contributed by atoms with Crippen molar-refractivity contribution in [3.8, 4) is 11.1 Å². The Kier molecular flexibility index (Phi) is 5.08. The second kappa shape index (κ2) is 7.83. The average Bonchev–Trinajstić information content (AvgIpc) is 2.79. The topological polar surface area (TPSA) is 77.0 Å². The highest BCUT2D eigenvalue weighted by atomic mass is 16.5. The summed E-state index contributed by atoms with van der Waals surface area (Å²) in [5.74, 6) is 0.378. The third kappa shape index (κ3) is 3.74. The summed E-state index contributed by atoms with van der Waals surface area (Å²) >= 11 is 0. The molecule has 0 spiro atoms. The highest BCUT2D eigenvalue weighted by Crippen LogP contribution is 2.31. The van der Waals surface area contributed by atoms with Gasteiger partial charge in [-0.25, -0.2) is 14.8 Å². The van der Waals surface area contributed by atoms with Crippen molar-refractivity contribution < 1.29 is 9.53 Å². The van der Waals surface area contributed by atoms with E-state index in [0.29, 0.717) is 5.56 Å². The van der Waals surface area contributed by atoms with E-state index >= 15 is 0 Å². The van der Waals surface area contributed by atoms with Crippen LogP contribution in [0, 0.1) is 0 Å². The molecule has 0 radical (unpaired) electrons. The third-order valence-corrected chi connectivity index (χ3v) is 5.27. The van der Waals surface area contributed by atoms with Gasteiger partial charge in [0.15, 0.2) is 0 Å². The zero-order valence-corrected chi connectivity index (χ0v) is 16.4. The van der Waals surface area contributed by atoms with Crippen molar-refractivity contribution in [3.63, 3.8) is 0 Å². The maximum Gasteiger partial charge on any atom is 0.339 e. The van der Waals surface area contributed by atoms with Gasteiger partial charge in [-0.1, -0.05) is 37.3 Å². The number of nitrogens with zero attached hydrogens (tertiary/aromatic N) is 3. The number of anilines is 1. The van der Waals surface area contributed by atoms with Crippen LogP contribution in [-0.4, -0.2) is 33.6 Å². The predicted molar refractivity (Wildman–Crippen MR) is 114 cm³/mol. The number of esters is 1. The van der Waals surface area contributed by atoms with E-state index in [1.54, 1.807) is 18.6 Å². The van der Waals surface area contributed by atoms with Crippen LogP contribution in [0.4, 0.5) is 5.82 Å². The molecule has 6 heteroatoms. The molecule has 1 aromatic carbocycles. The predicted octanol–water partition coefficient (Wildman–Crippen LogP) is 4.56. The molecule has 2 aromatic heterocycles. The van der Waals surface area contributed by atoms with Gasteiger partial charge in [0, 0.05) is 23.3 Å². The molecule has 0 fully saturated rings. The number of benzene rings is 1. The summed E-state index contributed by atoms with van der Waals surface area (Å²) in [5, 5.41) is 4.55. The van der Waals surface area contributed by atoms with Crippen molar-refractivity contribution >= 4 is 22.7 Å². The maximum atomic E-state index is 11.8. The number of carbonyl (C=O) groups excluding carboxylic acids is 1. The average molecular weight is 386 g/mol. The van der Waals surface area contributed by atoms with Crippen molar-refractivity contribution in [2.24, 2.45) is 0 Å². The fraction of sp³-hybridized carbons (Fsp3) is 0.217. The van der Waals surface area contributed by atoms with E-state index in [0.717, 1.165) is 40.7 Å². The summed E-state index contributed by atoms with van der Waals surface area (Å²) in [7, 11) is 1.36. The minimum atomic E-state index is -0.409. The lowest BCUT2D eigenvalue weighted by Crippen LogP contribution is -2.36. The Bertz CT molecular complexity index is 1120. The molecule has 0 saturated heterocycles. The van der Waals surface area contributed by atoms with Crippen LogP contribution in [0.5, 0.6) is 0 Å².